The van der Waals surface area contributed by atoms with Crippen LogP contribution in [0.2, 0.25) is 0 Å². The van der Waals surface area contributed by atoms with Crippen LogP contribution in [0.3, 0.4) is 0 Å². The van der Waals surface area contributed by atoms with E-state index in [-0.39, 0.29) is 5.82 Å². The highest BCUT2D eigenvalue weighted by Crippen LogP contribution is 2.31. The Kier molecular flexibility index (Phi) is 2.99. The maximum Gasteiger partial charge on any atom is 0.129 e. The Hall–Kier alpha value is -1.67. The van der Waals surface area contributed by atoms with Gasteiger partial charge in [0.1, 0.15) is 11.4 Å². The van der Waals surface area contributed by atoms with E-state index in [1.54, 1.807) is 31.2 Å². The Morgan fingerprint density at radius 3 is 2.35 bits per heavy atom. The molecule has 2 aromatic rings. The minimum Gasteiger partial charge on any atom is -0.381 e. The summed E-state index contributed by atoms with van der Waals surface area (Å²) in [6.45, 7) is 3.49. The second kappa shape index (κ2) is 4.30. The van der Waals surface area contributed by atoms with E-state index >= 15 is 0 Å². The third-order valence-corrected chi connectivity index (χ3v) is 2.98. The number of hydrogen-bond donors (Lipinski definition) is 1. The standard InChI is InChI=1S/C15H15FO/c1-11-8-9-14(16)13(10-11)15(2,17)12-6-4-3-5-7-12/h3-10,17H,1-2H3. The van der Waals surface area contributed by atoms with E-state index in [2.05, 4.69) is 0 Å². The summed E-state index contributed by atoms with van der Waals surface area (Å²) in [6, 6.07) is 13.9. The van der Waals surface area contributed by atoms with Crippen LogP contribution in [0.15, 0.2) is 48.5 Å². The van der Waals surface area contributed by atoms with Crippen LogP contribution in [0, 0.1) is 12.7 Å². The van der Waals surface area contributed by atoms with Crippen LogP contribution in [-0.2, 0) is 5.60 Å². The van der Waals surface area contributed by atoms with Crippen molar-refractivity contribution >= 4 is 0 Å². The lowest BCUT2D eigenvalue weighted by molar-refractivity contribution is 0.0979. The molecule has 0 heterocycles. The number of benzene rings is 2. The van der Waals surface area contributed by atoms with Gasteiger partial charge in [-0.1, -0.05) is 42.0 Å². The molecule has 17 heavy (non-hydrogen) atoms. The molecule has 0 amide bonds. The Balaban J connectivity index is 2.55. The molecule has 0 aromatic heterocycles. The highest BCUT2D eigenvalue weighted by atomic mass is 19.1. The zero-order valence-corrected chi connectivity index (χ0v) is 9.94. The Bertz CT molecular complexity index is 518. The third kappa shape index (κ3) is 2.22. The highest BCUT2D eigenvalue weighted by Gasteiger charge is 2.28. The maximum atomic E-state index is 13.8. The van der Waals surface area contributed by atoms with E-state index in [9.17, 15) is 9.50 Å². The van der Waals surface area contributed by atoms with Gasteiger partial charge in [0.05, 0.1) is 0 Å². The first kappa shape index (κ1) is 11.8. The molecule has 0 bridgehead atoms. The van der Waals surface area contributed by atoms with Crippen molar-refractivity contribution in [3.05, 3.63) is 71.0 Å². The van der Waals surface area contributed by atoms with Gasteiger partial charge in [0, 0.05) is 5.56 Å². The number of aryl methyl sites for hydroxylation is 1. The van der Waals surface area contributed by atoms with Gasteiger partial charge in [0.15, 0.2) is 0 Å². The normalized spacial score (nSPS) is 14.4. The van der Waals surface area contributed by atoms with Crippen molar-refractivity contribution in [2.75, 3.05) is 0 Å². The maximum absolute atomic E-state index is 13.8. The van der Waals surface area contributed by atoms with Crippen molar-refractivity contribution in [1.29, 1.82) is 0 Å². The SMILES string of the molecule is Cc1ccc(F)c(C(C)(O)c2ccccc2)c1. The highest BCUT2D eigenvalue weighted by molar-refractivity contribution is 5.37. The summed E-state index contributed by atoms with van der Waals surface area (Å²) in [5.74, 6) is -0.385. The van der Waals surface area contributed by atoms with E-state index in [1.807, 2.05) is 25.1 Å². The van der Waals surface area contributed by atoms with E-state index in [0.717, 1.165) is 5.56 Å². The Morgan fingerprint density at radius 2 is 1.71 bits per heavy atom. The average molecular weight is 230 g/mol. The van der Waals surface area contributed by atoms with Crippen molar-refractivity contribution in [1.82, 2.24) is 0 Å². The molecule has 2 aromatic carbocycles. The van der Waals surface area contributed by atoms with Crippen LogP contribution < -0.4 is 0 Å². The molecule has 0 saturated heterocycles. The molecule has 0 aliphatic carbocycles. The second-order valence-electron chi connectivity index (χ2n) is 4.42. The van der Waals surface area contributed by atoms with Gasteiger partial charge in [0.25, 0.3) is 0 Å². The van der Waals surface area contributed by atoms with Gasteiger partial charge in [-0.15, -0.1) is 0 Å². The molecule has 0 fully saturated rings. The van der Waals surface area contributed by atoms with Crippen molar-refractivity contribution < 1.29 is 9.50 Å². The molecule has 1 atom stereocenters. The zero-order valence-electron chi connectivity index (χ0n) is 9.94. The number of aliphatic hydroxyl groups is 1. The Morgan fingerprint density at radius 1 is 1.06 bits per heavy atom. The summed E-state index contributed by atoms with van der Waals surface area (Å²) >= 11 is 0. The van der Waals surface area contributed by atoms with Crippen molar-refractivity contribution in [3.63, 3.8) is 0 Å². The lowest BCUT2D eigenvalue weighted by Gasteiger charge is -2.25. The first-order valence-corrected chi connectivity index (χ1v) is 5.56. The first-order chi connectivity index (χ1) is 8.01. The molecule has 0 aliphatic heterocycles. The Labute approximate surface area is 101 Å². The van der Waals surface area contributed by atoms with Gasteiger partial charge in [-0.05, 0) is 31.5 Å². The minimum absolute atomic E-state index is 0.309. The fourth-order valence-electron chi connectivity index (χ4n) is 1.93. The molecule has 1 nitrogen and oxygen atoms in total. The van der Waals surface area contributed by atoms with Gasteiger partial charge in [-0.25, -0.2) is 4.39 Å². The largest absolute Gasteiger partial charge is 0.381 e. The average Bonchev–Trinajstić information content (AvgIpc) is 2.33. The topological polar surface area (TPSA) is 20.2 Å². The molecule has 0 aliphatic rings. The molecule has 0 spiro atoms. The first-order valence-electron chi connectivity index (χ1n) is 5.56. The van der Waals surface area contributed by atoms with E-state index in [1.165, 1.54) is 6.07 Å². The summed E-state index contributed by atoms with van der Waals surface area (Å²) in [5, 5.41) is 10.5. The lowest BCUT2D eigenvalue weighted by atomic mass is 9.87. The number of halogens is 1. The third-order valence-electron chi connectivity index (χ3n) is 2.98. The summed E-state index contributed by atoms with van der Waals surface area (Å²) in [6.07, 6.45) is 0. The quantitative estimate of drug-likeness (QED) is 0.838. The van der Waals surface area contributed by atoms with Crippen molar-refractivity contribution in [2.45, 2.75) is 19.4 Å². The van der Waals surface area contributed by atoms with Gasteiger partial charge in [-0.3, -0.25) is 0 Å². The molecule has 1 N–H and O–H groups in total. The molecular weight excluding hydrogens is 215 g/mol. The lowest BCUT2D eigenvalue weighted by Crippen LogP contribution is -2.24. The number of rotatable bonds is 2. The second-order valence-corrected chi connectivity index (χ2v) is 4.42. The summed E-state index contributed by atoms with van der Waals surface area (Å²) in [7, 11) is 0. The summed E-state index contributed by atoms with van der Waals surface area (Å²) in [5.41, 5.74) is 0.614. The molecule has 0 saturated carbocycles. The minimum atomic E-state index is -1.31. The predicted molar refractivity (Wildman–Crippen MR) is 66.3 cm³/mol. The van der Waals surface area contributed by atoms with Crippen LogP contribution in [0.1, 0.15) is 23.6 Å². The van der Waals surface area contributed by atoms with E-state index < -0.39 is 5.60 Å². The van der Waals surface area contributed by atoms with E-state index in [0.29, 0.717) is 11.1 Å². The van der Waals surface area contributed by atoms with Gasteiger partial charge >= 0.3 is 0 Å². The van der Waals surface area contributed by atoms with E-state index in [4.69, 9.17) is 0 Å². The van der Waals surface area contributed by atoms with Gasteiger partial charge in [0.2, 0.25) is 0 Å². The van der Waals surface area contributed by atoms with Crippen molar-refractivity contribution in [3.8, 4) is 0 Å². The van der Waals surface area contributed by atoms with Crippen LogP contribution in [0.25, 0.3) is 0 Å². The van der Waals surface area contributed by atoms with Crippen molar-refractivity contribution in [2.24, 2.45) is 0 Å². The molecule has 88 valence electrons. The fourth-order valence-corrected chi connectivity index (χ4v) is 1.93. The van der Waals surface area contributed by atoms with Crippen LogP contribution >= 0.6 is 0 Å². The smallest absolute Gasteiger partial charge is 0.129 e. The monoisotopic (exact) mass is 230 g/mol. The van der Waals surface area contributed by atoms with Gasteiger partial charge < -0.3 is 5.11 Å². The molecular formula is C15H15FO. The molecule has 2 rings (SSSR count). The molecule has 1 unspecified atom stereocenters. The summed E-state index contributed by atoms with van der Waals surface area (Å²) in [4.78, 5) is 0. The van der Waals surface area contributed by atoms with Crippen LogP contribution in [-0.4, -0.2) is 5.11 Å². The number of hydrogen-bond acceptors (Lipinski definition) is 1. The molecule has 2 heteroatoms. The van der Waals surface area contributed by atoms with Crippen LogP contribution in [0.5, 0.6) is 0 Å². The zero-order chi connectivity index (χ0) is 12.5. The predicted octanol–water partition coefficient (Wildman–Crippen LogP) is 3.39. The summed E-state index contributed by atoms with van der Waals surface area (Å²) < 4.78 is 13.8. The molecule has 0 radical (unpaired) electrons. The van der Waals surface area contributed by atoms with Crippen LogP contribution in [0.4, 0.5) is 4.39 Å². The van der Waals surface area contributed by atoms with Gasteiger partial charge in [-0.2, -0.15) is 0 Å². The fraction of sp³-hybridized carbons (Fsp3) is 0.200.